The van der Waals surface area contributed by atoms with Gasteiger partial charge < -0.3 is 4.90 Å². The molecule has 1 aliphatic rings. The molecule has 2 heterocycles. The van der Waals surface area contributed by atoms with E-state index in [4.69, 9.17) is 0 Å². The van der Waals surface area contributed by atoms with Crippen molar-refractivity contribution in [1.82, 2.24) is 19.6 Å². The molecule has 0 spiro atoms. The molecule has 0 aliphatic carbocycles. The fourth-order valence-corrected chi connectivity index (χ4v) is 3.10. The van der Waals surface area contributed by atoms with Gasteiger partial charge in [-0.1, -0.05) is 17.7 Å². The molecule has 0 atom stereocenters. The zero-order valence-corrected chi connectivity index (χ0v) is 14.8. The van der Waals surface area contributed by atoms with E-state index in [1.807, 2.05) is 40.8 Å². The Kier molecular flexibility index (Phi) is 5.00. The van der Waals surface area contributed by atoms with Crippen LogP contribution in [-0.2, 0) is 13.1 Å². The molecule has 0 N–H and O–H groups in total. The van der Waals surface area contributed by atoms with Crippen LogP contribution in [0.25, 0.3) is 0 Å². The number of hydrogen-bond acceptors (Lipinski definition) is 3. The zero-order chi connectivity index (χ0) is 17.1. The van der Waals surface area contributed by atoms with Crippen molar-refractivity contribution in [3.05, 3.63) is 52.8 Å². The first kappa shape index (κ1) is 16.7. The number of piperazine rings is 1. The summed E-state index contributed by atoms with van der Waals surface area (Å²) in [5.74, 6) is 0.143. The third-order valence-electron chi connectivity index (χ3n) is 4.72. The summed E-state index contributed by atoms with van der Waals surface area (Å²) in [5.41, 5.74) is 4.36. The molecular weight excluding hydrogens is 300 g/mol. The minimum Gasteiger partial charge on any atom is -0.336 e. The maximum Gasteiger partial charge on any atom is 0.253 e. The van der Waals surface area contributed by atoms with Gasteiger partial charge in [-0.2, -0.15) is 5.10 Å². The van der Waals surface area contributed by atoms with Crippen LogP contribution in [0.2, 0.25) is 0 Å². The Bertz CT molecular complexity index is 697. The highest BCUT2D eigenvalue weighted by Gasteiger charge is 2.22. The quantitative estimate of drug-likeness (QED) is 0.867. The Morgan fingerprint density at radius 3 is 2.33 bits per heavy atom. The first-order chi connectivity index (χ1) is 11.6. The van der Waals surface area contributed by atoms with Crippen LogP contribution in [0.15, 0.2) is 30.5 Å². The second kappa shape index (κ2) is 7.18. The molecule has 0 bridgehead atoms. The maximum atomic E-state index is 12.6. The molecule has 5 nitrogen and oxygen atoms in total. The van der Waals surface area contributed by atoms with Gasteiger partial charge in [-0.25, -0.2) is 0 Å². The molecule has 1 aromatic carbocycles. The number of aryl methyl sites for hydroxylation is 3. The van der Waals surface area contributed by atoms with Gasteiger partial charge in [0.25, 0.3) is 5.91 Å². The summed E-state index contributed by atoms with van der Waals surface area (Å²) >= 11 is 0. The number of rotatable bonds is 4. The molecular formula is C19H26N4O. The summed E-state index contributed by atoms with van der Waals surface area (Å²) in [6.45, 7) is 11.4. The number of aromatic nitrogens is 2. The molecule has 1 aliphatic heterocycles. The van der Waals surface area contributed by atoms with E-state index in [2.05, 4.69) is 30.0 Å². The highest BCUT2D eigenvalue weighted by Crippen LogP contribution is 2.14. The van der Waals surface area contributed by atoms with Crippen molar-refractivity contribution < 1.29 is 4.79 Å². The van der Waals surface area contributed by atoms with Crippen molar-refractivity contribution in [1.29, 1.82) is 0 Å². The SMILES string of the molecule is CCn1cc(CN2CCN(C(=O)c3ccc(C)cc3)CC2)c(C)n1. The minimum absolute atomic E-state index is 0.143. The molecule has 0 unspecified atom stereocenters. The molecule has 2 aromatic rings. The van der Waals surface area contributed by atoms with E-state index >= 15 is 0 Å². The molecule has 1 fully saturated rings. The molecule has 1 aromatic heterocycles. The summed E-state index contributed by atoms with van der Waals surface area (Å²) in [7, 11) is 0. The Morgan fingerprint density at radius 1 is 1.08 bits per heavy atom. The van der Waals surface area contributed by atoms with Gasteiger partial charge in [0, 0.05) is 56.6 Å². The summed E-state index contributed by atoms with van der Waals surface area (Å²) < 4.78 is 1.99. The van der Waals surface area contributed by atoms with Gasteiger partial charge >= 0.3 is 0 Å². The normalized spacial score (nSPS) is 15.7. The van der Waals surface area contributed by atoms with Gasteiger partial charge in [-0.3, -0.25) is 14.4 Å². The second-order valence-corrected chi connectivity index (χ2v) is 6.53. The van der Waals surface area contributed by atoms with E-state index in [-0.39, 0.29) is 5.91 Å². The third kappa shape index (κ3) is 3.67. The fourth-order valence-electron chi connectivity index (χ4n) is 3.10. The van der Waals surface area contributed by atoms with Crippen LogP contribution in [0.4, 0.5) is 0 Å². The van der Waals surface area contributed by atoms with Crippen molar-refractivity contribution in [3.63, 3.8) is 0 Å². The lowest BCUT2D eigenvalue weighted by Gasteiger charge is -2.34. The molecule has 0 radical (unpaired) electrons. The predicted molar refractivity (Wildman–Crippen MR) is 95.0 cm³/mol. The van der Waals surface area contributed by atoms with Crippen LogP contribution < -0.4 is 0 Å². The second-order valence-electron chi connectivity index (χ2n) is 6.53. The lowest BCUT2D eigenvalue weighted by molar-refractivity contribution is 0.0628. The van der Waals surface area contributed by atoms with E-state index in [0.717, 1.165) is 50.5 Å². The topological polar surface area (TPSA) is 41.4 Å². The molecule has 1 amide bonds. The number of carbonyl (C=O) groups excluding carboxylic acids is 1. The van der Waals surface area contributed by atoms with Crippen molar-refractivity contribution in [3.8, 4) is 0 Å². The van der Waals surface area contributed by atoms with Crippen molar-refractivity contribution in [2.45, 2.75) is 33.9 Å². The van der Waals surface area contributed by atoms with Crippen molar-refractivity contribution >= 4 is 5.91 Å². The summed E-state index contributed by atoms with van der Waals surface area (Å²) in [4.78, 5) is 16.9. The summed E-state index contributed by atoms with van der Waals surface area (Å²) in [5, 5.41) is 4.51. The van der Waals surface area contributed by atoms with Crippen LogP contribution >= 0.6 is 0 Å². The zero-order valence-electron chi connectivity index (χ0n) is 14.8. The van der Waals surface area contributed by atoms with E-state index < -0.39 is 0 Å². The lowest BCUT2D eigenvalue weighted by atomic mass is 10.1. The Hall–Kier alpha value is -2.14. The Labute approximate surface area is 143 Å². The van der Waals surface area contributed by atoms with Gasteiger partial charge in [-0.15, -0.1) is 0 Å². The molecule has 0 saturated carbocycles. The van der Waals surface area contributed by atoms with E-state index in [9.17, 15) is 4.79 Å². The van der Waals surface area contributed by atoms with Crippen LogP contribution in [0.5, 0.6) is 0 Å². The van der Waals surface area contributed by atoms with Gasteiger partial charge in [-0.05, 0) is 32.9 Å². The Morgan fingerprint density at radius 2 is 1.75 bits per heavy atom. The standard InChI is InChI=1S/C19H26N4O/c1-4-23-14-18(16(3)20-23)13-21-9-11-22(12-10-21)19(24)17-7-5-15(2)6-8-17/h5-8,14H,4,9-13H2,1-3H3. The third-order valence-corrected chi connectivity index (χ3v) is 4.72. The largest absolute Gasteiger partial charge is 0.336 e. The molecule has 3 rings (SSSR count). The van der Waals surface area contributed by atoms with E-state index in [1.54, 1.807) is 0 Å². The van der Waals surface area contributed by atoms with Gasteiger partial charge in [0.2, 0.25) is 0 Å². The molecule has 1 saturated heterocycles. The average Bonchev–Trinajstić information content (AvgIpc) is 2.95. The first-order valence-electron chi connectivity index (χ1n) is 8.68. The fraction of sp³-hybridized carbons (Fsp3) is 0.474. The van der Waals surface area contributed by atoms with E-state index in [1.165, 1.54) is 11.1 Å². The molecule has 128 valence electrons. The van der Waals surface area contributed by atoms with Crippen LogP contribution in [-0.4, -0.2) is 51.7 Å². The van der Waals surface area contributed by atoms with E-state index in [0.29, 0.717) is 0 Å². The van der Waals surface area contributed by atoms with Crippen LogP contribution in [0.3, 0.4) is 0 Å². The number of benzene rings is 1. The summed E-state index contributed by atoms with van der Waals surface area (Å²) in [6.07, 6.45) is 2.14. The first-order valence-corrected chi connectivity index (χ1v) is 8.68. The summed E-state index contributed by atoms with van der Waals surface area (Å²) in [6, 6.07) is 7.84. The Balaban J connectivity index is 1.56. The van der Waals surface area contributed by atoms with Crippen molar-refractivity contribution in [2.75, 3.05) is 26.2 Å². The molecule has 5 heteroatoms. The number of nitrogens with zero attached hydrogens (tertiary/aromatic N) is 4. The minimum atomic E-state index is 0.143. The van der Waals surface area contributed by atoms with Gasteiger partial charge in [0.05, 0.1) is 5.69 Å². The van der Waals surface area contributed by atoms with Crippen LogP contribution in [0, 0.1) is 13.8 Å². The molecule has 24 heavy (non-hydrogen) atoms. The lowest BCUT2D eigenvalue weighted by Crippen LogP contribution is -2.48. The number of carbonyl (C=O) groups is 1. The highest BCUT2D eigenvalue weighted by molar-refractivity contribution is 5.94. The smallest absolute Gasteiger partial charge is 0.253 e. The van der Waals surface area contributed by atoms with Crippen molar-refractivity contribution in [2.24, 2.45) is 0 Å². The number of hydrogen-bond donors (Lipinski definition) is 0. The van der Waals surface area contributed by atoms with Gasteiger partial charge in [0.1, 0.15) is 0 Å². The number of amides is 1. The van der Waals surface area contributed by atoms with Gasteiger partial charge in [0.15, 0.2) is 0 Å². The monoisotopic (exact) mass is 326 g/mol. The van der Waals surface area contributed by atoms with Crippen LogP contribution in [0.1, 0.15) is 34.1 Å². The maximum absolute atomic E-state index is 12.6. The average molecular weight is 326 g/mol. The predicted octanol–water partition coefficient (Wildman–Crippen LogP) is 2.48. The highest BCUT2D eigenvalue weighted by atomic mass is 16.2.